The lowest BCUT2D eigenvalue weighted by molar-refractivity contribution is -0.124. The minimum Gasteiger partial charge on any atom is -0.477 e. The third-order valence-electron chi connectivity index (χ3n) is 7.21. The highest BCUT2D eigenvalue weighted by Crippen LogP contribution is 2.33. The number of benzene rings is 1. The molecule has 1 aliphatic carbocycles. The zero-order valence-corrected chi connectivity index (χ0v) is 21.3. The molecule has 4 aromatic rings. The minimum absolute atomic E-state index is 0.00568. The molecule has 1 fully saturated rings. The molecule has 3 N–H and O–H groups in total. The second-order valence-electron chi connectivity index (χ2n) is 10.2. The summed E-state index contributed by atoms with van der Waals surface area (Å²) in [5.41, 5.74) is 9.68. The molecule has 0 unspecified atom stereocenters. The Morgan fingerprint density at radius 2 is 1.78 bits per heavy atom. The predicted octanol–water partition coefficient (Wildman–Crippen LogP) is 5.04. The second-order valence-corrected chi connectivity index (χ2v) is 10.2. The van der Waals surface area contributed by atoms with E-state index in [2.05, 4.69) is 17.0 Å². The Morgan fingerprint density at radius 1 is 1.08 bits per heavy atom. The molecule has 0 bridgehead atoms. The summed E-state index contributed by atoms with van der Waals surface area (Å²) in [5, 5.41) is 14.6. The van der Waals surface area contributed by atoms with E-state index in [0.29, 0.717) is 22.9 Å². The first kappa shape index (κ1) is 24.5. The van der Waals surface area contributed by atoms with E-state index in [4.69, 9.17) is 5.73 Å². The van der Waals surface area contributed by atoms with Crippen LogP contribution < -0.4 is 10.6 Å². The summed E-state index contributed by atoms with van der Waals surface area (Å²) in [5.74, 6) is -0.464. The average Bonchev–Trinajstić information content (AvgIpc) is 3.50. The SMILES string of the molecule is CC1CCC(C(=O)N(c2nn(-c3ccc(-c4cn5cccc(N)c5n4)cc3)cc2C(=O)O)C(C)C)CC1. The predicted molar refractivity (Wildman–Crippen MR) is 143 cm³/mol. The minimum atomic E-state index is -1.11. The van der Waals surface area contributed by atoms with Gasteiger partial charge in [-0.25, -0.2) is 14.5 Å². The number of anilines is 2. The summed E-state index contributed by atoms with van der Waals surface area (Å²) < 4.78 is 3.40. The molecule has 3 aromatic heterocycles. The fourth-order valence-electron chi connectivity index (χ4n) is 5.09. The van der Waals surface area contributed by atoms with Crippen LogP contribution >= 0.6 is 0 Å². The van der Waals surface area contributed by atoms with Crippen molar-refractivity contribution < 1.29 is 14.7 Å². The lowest BCUT2D eigenvalue weighted by Crippen LogP contribution is -2.43. The van der Waals surface area contributed by atoms with Crippen LogP contribution in [0.5, 0.6) is 0 Å². The summed E-state index contributed by atoms with van der Waals surface area (Å²) in [6.07, 6.45) is 8.94. The fourth-order valence-corrected chi connectivity index (χ4v) is 5.09. The van der Waals surface area contributed by atoms with E-state index in [0.717, 1.165) is 36.9 Å². The van der Waals surface area contributed by atoms with Crippen molar-refractivity contribution in [2.24, 2.45) is 11.8 Å². The van der Waals surface area contributed by atoms with Crippen molar-refractivity contribution in [3.63, 3.8) is 0 Å². The van der Waals surface area contributed by atoms with E-state index in [1.54, 1.807) is 4.90 Å². The van der Waals surface area contributed by atoms with Crippen LogP contribution in [0.1, 0.15) is 56.8 Å². The van der Waals surface area contributed by atoms with Crippen molar-refractivity contribution >= 4 is 29.0 Å². The van der Waals surface area contributed by atoms with Crippen molar-refractivity contribution in [2.75, 3.05) is 10.6 Å². The first-order chi connectivity index (χ1) is 17.7. The maximum absolute atomic E-state index is 13.5. The number of hydrogen-bond acceptors (Lipinski definition) is 5. The molecule has 0 saturated heterocycles. The van der Waals surface area contributed by atoms with Crippen molar-refractivity contribution in [3.05, 3.63) is 60.6 Å². The summed E-state index contributed by atoms with van der Waals surface area (Å²) in [4.78, 5) is 31.9. The van der Waals surface area contributed by atoms with Crippen LogP contribution in [0.2, 0.25) is 0 Å². The van der Waals surface area contributed by atoms with Gasteiger partial charge < -0.3 is 15.2 Å². The van der Waals surface area contributed by atoms with Crippen LogP contribution in [-0.2, 0) is 4.79 Å². The van der Waals surface area contributed by atoms with Crippen molar-refractivity contribution in [1.29, 1.82) is 0 Å². The molecule has 1 aliphatic rings. The summed E-state index contributed by atoms with van der Waals surface area (Å²) in [6.45, 7) is 6.00. The molecule has 1 amide bonds. The van der Waals surface area contributed by atoms with Gasteiger partial charge >= 0.3 is 5.97 Å². The number of carbonyl (C=O) groups excluding carboxylic acids is 1. The Balaban J connectivity index is 1.46. The number of hydrogen-bond donors (Lipinski definition) is 2. The number of nitrogen functional groups attached to an aromatic ring is 1. The van der Waals surface area contributed by atoms with Gasteiger partial charge in [-0.2, -0.15) is 0 Å². The molecule has 9 nitrogen and oxygen atoms in total. The van der Waals surface area contributed by atoms with Gasteiger partial charge in [-0.1, -0.05) is 19.1 Å². The highest BCUT2D eigenvalue weighted by Gasteiger charge is 2.34. The Morgan fingerprint density at radius 3 is 2.41 bits per heavy atom. The van der Waals surface area contributed by atoms with Gasteiger partial charge in [-0.05, 0) is 69.7 Å². The standard InChI is InChI=1S/C28H32N6O3/c1-17(2)34(27(35)20-8-6-18(3)7-9-20)25-22(28(36)37)15-33(31-25)21-12-10-19(11-13-21)24-16-32-14-4-5-23(29)26(32)30-24/h4-5,10-18,20H,6-9,29H2,1-3H3,(H,36,37). The fraction of sp³-hybridized carbons (Fsp3) is 0.357. The number of pyridine rings is 1. The van der Waals surface area contributed by atoms with E-state index in [9.17, 15) is 14.7 Å². The van der Waals surface area contributed by atoms with Gasteiger partial charge in [0.2, 0.25) is 5.91 Å². The highest BCUT2D eigenvalue weighted by molar-refractivity contribution is 6.01. The largest absolute Gasteiger partial charge is 0.477 e. The molecule has 0 atom stereocenters. The second kappa shape index (κ2) is 9.72. The number of carboxylic acid groups (broad SMARTS) is 1. The number of aromatic carboxylic acids is 1. The number of carbonyl (C=O) groups is 2. The quantitative estimate of drug-likeness (QED) is 0.383. The van der Waals surface area contributed by atoms with Crippen LogP contribution in [0.15, 0.2) is 55.0 Å². The first-order valence-corrected chi connectivity index (χ1v) is 12.7. The Bertz CT molecular complexity index is 1440. The number of imidazole rings is 1. The highest BCUT2D eigenvalue weighted by atomic mass is 16.4. The molecule has 1 aromatic carbocycles. The molecule has 3 heterocycles. The van der Waals surface area contributed by atoms with Gasteiger partial charge in [0.15, 0.2) is 11.5 Å². The number of nitrogens with zero attached hydrogens (tertiary/aromatic N) is 5. The Kier molecular flexibility index (Phi) is 6.45. The summed E-state index contributed by atoms with van der Waals surface area (Å²) >= 11 is 0. The zero-order valence-electron chi connectivity index (χ0n) is 21.3. The van der Waals surface area contributed by atoms with Gasteiger partial charge in [-0.15, -0.1) is 5.10 Å². The molecule has 0 radical (unpaired) electrons. The van der Waals surface area contributed by atoms with E-state index < -0.39 is 5.97 Å². The van der Waals surface area contributed by atoms with Crippen molar-refractivity contribution in [3.8, 4) is 16.9 Å². The third-order valence-corrected chi connectivity index (χ3v) is 7.21. The van der Waals surface area contributed by atoms with E-state index in [1.807, 2.05) is 67.0 Å². The Hall–Kier alpha value is -4.14. The molecule has 5 rings (SSSR count). The molecular weight excluding hydrogens is 468 g/mol. The number of amides is 1. The van der Waals surface area contributed by atoms with Gasteiger partial charge in [0.1, 0.15) is 5.56 Å². The number of fused-ring (bicyclic) bond motifs is 1. The summed E-state index contributed by atoms with van der Waals surface area (Å²) in [7, 11) is 0. The lowest BCUT2D eigenvalue weighted by Gasteiger charge is -2.32. The van der Waals surface area contributed by atoms with Crippen LogP contribution in [-0.4, -0.2) is 42.2 Å². The molecule has 0 spiro atoms. The van der Waals surface area contributed by atoms with Gasteiger partial charge in [0.25, 0.3) is 0 Å². The number of aromatic nitrogens is 4. The first-order valence-electron chi connectivity index (χ1n) is 12.7. The van der Waals surface area contributed by atoms with Crippen LogP contribution in [0.3, 0.4) is 0 Å². The average molecular weight is 501 g/mol. The molecule has 9 heteroatoms. The van der Waals surface area contributed by atoms with Gasteiger partial charge in [0.05, 0.1) is 17.1 Å². The van der Waals surface area contributed by atoms with Gasteiger partial charge in [-0.3, -0.25) is 9.69 Å². The number of nitrogens with two attached hydrogens (primary N) is 1. The molecule has 0 aliphatic heterocycles. The van der Waals surface area contributed by atoms with Crippen LogP contribution in [0, 0.1) is 11.8 Å². The van der Waals surface area contributed by atoms with Crippen LogP contribution in [0.4, 0.5) is 11.5 Å². The summed E-state index contributed by atoms with van der Waals surface area (Å²) in [6, 6.07) is 11.0. The maximum atomic E-state index is 13.5. The lowest BCUT2D eigenvalue weighted by atomic mass is 9.82. The number of rotatable bonds is 6. The molecule has 1 saturated carbocycles. The van der Waals surface area contributed by atoms with Gasteiger partial charge in [0, 0.05) is 36.1 Å². The van der Waals surface area contributed by atoms with Crippen molar-refractivity contribution in [2.45, 2.75) is 52.5 Å². The monoisotopic (exact) mass is 500 g/mol. The third kappa shape index (κ3) is 4.69. The maximum Gasteiger partial charge on any atom is 0.341 e. The molecule has 192 valence electrons. The normalized spacial score (nSPS) is 17.8. The van der Waals surface area contributed by atoms with E-state index >= 15 is 0 Å². The topological polar surface area (TPSA) is 119 Å². The smallest absolute Gasteiger partial charge is 0.341 e. The Labute approximate surface area is 215 Å². The number of carboxylic acids is 1. The van der Waals surface area contributed by atoms with E-state index in [-0.39, 0.29) is 29.2 Å². The molecular formula is C28H32N6O3. The molecule has 37 heavy (non-hydrogen) atoms. The van der Waals surface area contributed by atoms with Crippen molar-refractivity contribution in [1.82, 2.24) is 19.2 Å². The zero-order chi connectivity index (χ0) is 26.3. The van der Waals surface area contributed by atoms with Crippen LogP contribution in [0.25, 0.3) is 22.6 Å². The van der Waals surface area contributed by atoms with E-state index in [1.165, 1.54) is 10.9 Å².